The van der Waals surface area contributed by atoms with E-state index in [-0.39, 0.29) is 29.0 Å². The van der Waals surface area contributed by atoms with E-state index in [0.29, 0.717) is 55.7 Å². The molecule has 48 heavy (non-hydrogen) atoms. The number of ketones is 2. The molecule has 1 aliphatic heterocycles. The van der Waals surface area contributed by atoms with Crippen molar-refractivity contribution in [1.29, 1.82) is 0 Å². The molecule has 0 saturated heterocycles. The van der Waals surface area contributed by atoms with Gasteiger partial charge in [0.25, 0.3) is 0 Å². The van der Waals surface area contributed by atoms with Crippen LogP contribution in [0.5, 0.6) is 23.0 Å². The average molecular weight is 650 g/mol. The van der Waals surface area contributed by atoms with Crippen LogP contribution >= 0.6 is 0 Å². The Morgan fingerprint density at radius 2 is 1.12 bits per heavy atom. The van der Waals surface area contributed by atoms with Gasteiger partial charge in [0.2, 0.25) is 0 Å². The fraction of sp³-hybridized carbons (Fsp3) is 0.415. The van der Waals surface area contributed by atoms with Gasteiger partial charge in [-0.15, -0.1) is 0 Å². The molecule has 1 heterocycles. The van der Waals surface area contributed by atoms with Gasteiger partial charge >= 0.3 is 0 Å². The first-order valence-corrected chi connectivity index (χ1v) is 17.1. The lowest BCUT2D eigenvalue weighted by atomic mass is 9.64. The minimum atomic E-state index is -0.436. The van der Waals surface area contributed by atoms with E-state index in [1.165, 1.54) is 0 Å². The van der Waals surface area contributed by atoms with Gasteiger partial charge in [0.15, 0.2) is 34.6 Å². The van der Waals surface area contributed by atoms with Crippen molar-refractivity contribution in [3.05, 3.63) is 106 Å². The van der Waals surface area contributed by atoms with Gasteiger partial charge in [-0.25, -0.2) is 0 Å². The van der Waals surface area contributed by atoms with Gasteiger partial charge in [-0.3, -0.25) is 9.59 Å². The maximum absolute atomic E-state index is 13.8. The third kappa shape index (κ3) is 7.15. The number of allylic oxidation sites excluding steroid dienone is 4. The highest BCUT2D eigenvalue weighted by Gasteiger charge is 2.46. The van der Waals surface area contributed by atoms with Crippen LogP contribution in [-0.2, 0) is 22.8 Å². The summed E-state index contributed by atoms with van der Waals surface area (Å²) in [4.78, 5) is 27.6. The molecule has 3 aromatic carbocycles. The number of carbonyl (C=O) groups is 2. The Labute approximate surface area is 284 Å². The number of rotatable bonds is 11. The average Bonchev–Trinajstić information content (AvgIpc) is 3.02. The Hall–Kier alpha value is -4.52. The summed E-state index contributed by atoms with van der Waals surface area (Å²) in [6.45, 7) is 14.1. The molecule has 2 aliphatic carbocycles. The van der Waals surface area contributed by atoms with Crippen LogP contribution in [0, 0.1) is 10.8 Å². The molecule has 0 amide bonds. The van der Waals surface area contributed by atoms with Crippen LogP contribution in [0.15, 0.2) is 89.3 Å². The Balaban J connectivity index is 1.28. The molecular weight excluding hydrogens is 602 g/mol. The van der Waals surface area contributed by atoms with Crippen LogP contribution in [0.3, 0.4) is 0 Å². The molecule has 3 aromatic rings. The van der Waals surface area contributed by atoms with E-state index in [9.17, 15) is 9.59 Å². The van der Waals surface area contributed by atoms with Crippen molar-refractivity contribution >= 4 is 11.6 Å². The summed E-state index contributed by atoms with van der Waals surface area (Å²) < 4.78 is 24.5. The molecule has 6 rings (SSSR count). The molecule has 3 aliphatic rings. The normalized spacial score (nSPS) is 18.5. The maximum atomic E-state index is 13.8. The number of benzene rings is 3. The number of dihydropyridines is 1. The lowest BCUT2D eigenvalue weighted by molar-refractivity contribution is -0.119. The fourth-order valence-corrected chi connectivity index (χ4v) is 7.24. The number of hydrogen-bond donors (Lipinski definition) is 1. The molecule has 7 nitrogen and oxygen atoms in total. The zero-order chi connectivity index (χ0) is 34.1. The fourth-order valence-electron chi connectivity index (χ4n) is 7.24. The molecule has 0 spiro atoms. The summed E-state index contributed by atoms with van der Waals surface area (Å²) in [6, 6.07) is 21.7. The highest BCUT2D eigenvalue weighted by atomic mass is 16.5. The van der Waals surface area contributed by atoms with E-state index < -0.39 is 5.92 Å². The quantitative estimate of drug-likeness (QED) is 0.223. The van der Waals surface area contributed by atoms with E-state index >= 15 is 0 Å². The second kappa shape index (κ2) is 13.5. The monoisotopic (exact) mass is 649 g/mol. The Bertz CT molecular complexity index is 1710. The summed E-state index contributed by atoms with van der Waals surface area (Å²) in [5, 5.41) is 3.59. The third-order valence-corrected chi connectivity index (χ3v) is 9.26. The van der Waals surface area contributed by atoms with Crippen molar-refractivity contribution in [2.24, 2.45) is 10.8 Å². The van der Waals surface area contributed by atoms with Gasteiger partial charge in [0, 0.05) is 41.3 Å². The number of Topliss-reactive ketones (excluding diaryl/α,β-unsaturated/α-hetero) is 2. The summed E-state index contributed by atoms with van der Waals surface area (Å²) in [6.07, 6.45) is 2.42. The number of hydrogen-bond acceptors (Lipinski definition) is 7. The molecule has 0 bridgehead atoms. The number of nitrogens with one attached hydrogen (secondary N) is 1. The molecule has 0 unspecified atom stereocenters. The SMILES string of the molecule is CCOc1cc(COc2ccc(C3C4=C(CC(C)(C)CC4=O)NC4=C3C(=O)CC(C)(C)C4)cc2OCC)ccc1OCc1ccccc1. The van der Waals surface area contributed by atoms with Crippen LogP contribution in [0.1, 0.15) is 89.8 Å². The molecular formula is C41H47NO6. The van der Waals surface area contributed by atoms with Gasteiger partial charge < -0.3 is 24.3 Å². The van der Waals surface area contributed by atoms with Crippen molar-refractivity contribution in [3.63, 3.8) is 0 Å². The maximum Gasteiger partial charge on any atom is 0.162 e. The predicted octanol–water partition coefficient (Wildman–Crippen LogP) is 8.62. The van der Waals surface area contributed by atoms with Crippen molar-refractivity contribution in [2.45, 2.75) is 86.4 Å². The summed E-state index contributed by atoms with van der Waals surface area (Å²) in [5.41, 5.74) is 5.90. The van der Waals surface area contributed by atoms with Gasteiger partial charge in [0.05, 0.1) is 13.2 Å². The minimum absolute atomic E-state index is 0.0996. The van der Waals surface area contributed by atoms with Gasteiger partial charge in [-0.2, -0.15) is 0 Å². The van der Waals surface area contributed by atoms with Gasteiger partial charge in [-0.05, 0) is 78.5 Å². The predicted molar refractivity (Wildman–Crippen MR) is 186 cm³/mol. The molecule has 0 saturated carbocycles. The van der Waals surface area contributed by atoms with Crippen molar-refractivity contribution in [3.8, 4) is 23.0 Å². The Morgan fingerprint density at radius 3 is 1.69 bits per heavy atom. The summed E-state index contributed by atoms with van der Waals surface area (Å²) >= 11 is 0. The molecule has 0 fully saturated rings. The molecule has 1 N–H and O–H groups in total. The summed E-state index contributed by atoms with van der Waals surface area (Å²) in [5.74, 6) is 2.27. The van der Waals surface area contributed by atoms with Crippen molar-refractivity contribution in [1.82, 2.24) is 5.32 Å². The first kappa shape index (κ1) is 33.4. The standard InChI is InChI=1S/C41H47NO6/c1-7-45-35-18-27(14-16-33(35)47-24-26-12-10-9-11-13-26)25-48-34-17-15-28(19-36(34)46-8-2)37-38-29(20-40(3,4)22-31(38)43)42-30-21-41(5,6)23-32(44)39(30)37/h9-19,37,42H,7-8,20-25H2,1-6H3. The van der Waals surface area contributed by atoms with E-state index in [0.717, 1.165) is 52.1 Å². The van der Waals surface area contributed by atoms with E-state index in [2.05, 4.69) is 33.0 Å². The lowest BCUT2D eigenvalue weighted by Gasteiger charge is -2.44. The van der Waals surface area contributed by atoms with Crippen molar-refractivity contribution < 1.29 is 28.5 Å². The van der Waals surface area contributed by atoms with Gasteiger partial charge in [-0.1, -0.05) is 70.2 Å². The second-order valence-electron chi connectivity index (χ2n) is 14.6. The van der Waals surface area contributed by atoms with Crippen LogP contribution in [0.4, 0.5) is 0 Å². The smallest absolute Gasteiger partial charge is 0.162 e. The van der Waals surface area contributed by atoms with Crippen LogP contribution in [0.2, 0.25) is 0 Å². The van der Waals surface area contributed by atoms with Crippen LogP contribution < -0.4 is 24.3 Å². The summed E-state index contributed by atoms with van der Waals surface area (Å²) in [7, 11) is 0. The topological polar surface area (TPSA) is 83.1 Å². The molecule has 7 heteroatoms. The molecule has 252 valence electrons. The number of carbonyl (C=O) groups excluding carboxylic acids is 2. The van der Waals surface area contributed by atoms with E-state index in [1.807, 2.05) is 80.6 Å². The van der Waals surface area contributed by atoms with Crippen molar-refractivity contribution in [2.75, 3.05) is 13.2 Å². The zero-order valence-electron chi connectivity index (χ0n) is 29.0. The first-order valence-electron chi connectivity index (χ1n) is 17.1. The van der Waals surface area contributed by atoms with Crippen LogP contribution in [0.25, 0.3) is 0 Å². The molecule has 0 aromatic heterocycles. The second-order valence-corrected chi connectivity index (χ2v) is 14.6. The Kier molecular flexibility index (Phi) is 9.41. The van der Waals surface area contributed by atoms with Crippen LogP contribution in [-0.4, -0.2) is 24.8 Å². The van der Waals surface area contributed by atoms with Gasteiger partial charge in [0.1, 0.15) is 13.2 Å². The zero-order valence-corrected chi connectivity index (χ0v) is 29.0. The highest BCUT2D eigenvalue weighted by Crippen LogP contribution is 2.51. The van der Waals surface area contributed by atoms with E-state index in [4.69, 9.17) is 18.9 Å². The lowest BCUT2D eigenvalue weighted by Crippen LogP contribution is -2.42. The number of ether oxygens (including phenoxy) is 4. The van der Waals surface area contributed by atoms with E-state index in [1.54, 1.807) is 0 Å². The minimum Gasteiger partial charge on any atom is -0.490 e. The highest BCUT2D eigenvalue weighted by molar-refractivity contribution is 6.06. The largest absolute Gasteiger partial charge is 0.490 e. The first-order chi connectivity index (χ1) is 23.0. The Morgan fingerprint density at radius 1 is 0.604 bits per heavy atom. The third-order valence-electron chi connectivity index (χ3n) is 9.26. The molecule has 0 atom stereocenters. The molecule has 0 radical (unpaired) electrons.